The molecule has 0 aliphatic rings. The maximum Gasteiger partial charge on any atom is 0.274 e. The van der Waals surface area contributed by atoms with Crippen LogP contribution in [0.2, 0.25) is 0 Å². The van der Waals surface area contributed by atoms with Gasteiger partial charge in [0.25, 0.3) is 5.91 Å². The third-order valence-electron chi connectivity index (χ3n) is 5.55. The molecule has 0 fully saturated rings. The van der Waals surface area contributed by atoms with Crippen molar-refractivity contribution in [1.82, 2.24) is 14.8 Å². The van der Waals surface area contributed by atoms with Gasteiger partial charge in [-0.05, 0) is 55.8 Å². The number of hydrogen-bond donors (Lipinski definition) is 2. The van der Waals surface area contributed by atoms with Gasteiger partial charge in [-0.1, -0.05) is 12.1 Å². The van der Waals surface area contributed by atoms with E-state index in [1.807, 2.05) is 19.1 Å². The van der Waals surface area contributed by atoms with Gasteiger partial charge in [-0.15, -0.1) is 0 Å². The number of aromatic nitrogens is 3. The number of hydrogen-bond acceptors (Lipinski definition) is 6. The number of fused-ring (bicyclic) bond motifs is 1. The number of primary amides is 1. The van der Waals surface area contributed by atoms with Crippen molar-refractivity contribution in [3.8, 4) is 11.8 Å². The van der Waals surface area contributed by atoms with Gasteiger partial charge >= 0.3 is 0 Å². The predicted octanol–water partition coefficient (Wildman–Crippen LogP) is 3.33. The van der Waals surface area contributed by atoms with Crippen LogP contribution < -0.4 is 15.8 Å². The summed E-state index contributed by atoms with van der Waals surface area (Å²) in [5.74, 6) is -0.600. The lowest BCUT2D eigenvalue weighted by Gasteiger charge is -2.10. The summed E-state index contributed by atoms with van der Waals surface area (Å²) in [6, 6.07) is 15.7. The van der Waals surface area contributed by atoms with Crippen LogP contribution in [0.25, 0.3) is 10.9 Å². The molecular weight excluding hydrogens is 432 g/mol. The highest BCUT2D eigenvalue weighted by Gasteiger charge is 2.19. The standard InChI is InChI=1S/C25H22N6O3/c1-14-23(15(2)31(30-14)13-17-6-4-16(12-26)5-7-17)29-25(33)22-11-20(24(27)32)19-10-18(34-3)8-9-21(19)28-22/h4-11H,13H2,1-3H3,(H2,27,32)(H,29,33). The summed E-state index contributed by atoms with van der Waals surface area (Å²) in [6.45, 7) is 4.14. The summed E-state index contributed by atoms with van der Waals surface area (Å²) in [7, 11) is 1.52. The number of benzene rings is 2. The number of nitrogens with one attached hydrogen (secondary N) is 1. The summed E-state index contributed by atoms with van der Waals surface area (Å²) >= 11 is 0. The molecule has 9 heteroatoms. The Hall–Kier alpha value is -4.71. The van der Waals surface area contributed by atoms with E-state index in [1.54, 1.807) is 41.9 Å². The second-order valence-corrected chi connectivity index (χ2v) is 7.77. The van der Waals surface area contributed by atoms with E-state index in [0.29, 0.717) is 40.1 Å². The Morgan fingerprint density at radius 3 is 2.53 bits per heavy atom. The molecule has 0 spiro atoms. The van der Waals surface area contributed by atoms with Gasteiger partial charge in [0, 0.05) is 5.39 Å². The van der Waals surface area contributed by atoms with Crippen molar-refractivity contribution in [2.24, 2.45) is 5.73 Å². The lowest BCUT2D eigenvalue weighted by molar-refractivity contribution is 0.100. The molecule has 2 amide bonds. The first-order chi connectivity index (χ1) is 16.3. The lowest BCUT2D eigenvalue weighted by Crippen LogP contribution is -2.18. The molecule has 9 nitrogen and oxygen atoms in total. The maximum atomic E-state index is 13.1. The van der Waals surface area contributed by atoms with E-state index in [4.69, 9.17) is 15.7 Å². The molecular formula is C25H22N6O3. The monoisotopic (exact) mass is 454 g/mol. The highest BCUT2D eigenvalue weighted by molar-refractivity contribution is 6.10. The number of nitrogens with zero attached hydrogens (tertiary/aromatic N) is 4. The summed E-state index contributed by atoms with van der Waals surface area (Å²) in [4.78, 5) is 29.6. The Morgan fingerprint density at radius 1 is 1.15 bits per heavy atom. The molecule has 4 aromatic rings. The van der Waals surface area contributed by atoms with Crippen LogP contribution in [0.4, 0.5) is 5.69 Å². The first-order valence-electron chi connectivity index (χ1n) is 10.4. The van der Waals surface area contributed by atoms with Crippen LogP contribution >= 0.6 is 0 Å². The Bertz CT molecular complexity index is 1470. The Balaban J connectivity index is 1.63. The van der Waals surface area contributed by atoms with Gasteiger partial charge in [0.15, 0.2) is 0 Å². The number of amides is 2. The molecule has 170 valence electrons. The zero-order valence-corrected chi connectivity index (χ0v) is 18.9. The van der Waals surface area contributed by atoms with Gasteiger partial charge in [-0.3, -0.25) is 14.3 Å². The number of anilines is 1. The van der Waals surface area contributed by atoms with Crippen LogP contribution in [-0.4, -0.2) is 33.7 Å². The van der Waals surface area contributed by atoms with Crippen molar-refractivity contribution in [2.75, 3.05) is 12.4 Å². The van der Waals surface area contributed by atoms with Crippen LogP contribution in [0, 0.1) is 25.2 Å². The van der Waals surface area contributed by atoms with Gasteiger partial charge in [-0.25, -0.2) is 4.98 Å². The summed E-state index contributed by atoms with van der Waals surface area (Å²) in [5, 5.41) is 16.9. The molecule has 2 aromatic carbocycles. The minimum atomic E-state index is -0.669. The topological polar surface area (TPSA) is 136 Å². The van der Waals surface area contributed by atoms with Crippen molar-refractivity contribution in [1.29, 1.82) is 5.26 Å². The maximum absolute atomic E-state index is 13.1. The first kappa shape index (κ1) is 22.5. The fourth-order valence-electron chi connectivity index (χ4n) is 3.72. The number of carbonyl (C=O) groups is 2. The van der Waals surface area contributed by atoms with Gasteiger partial charge in [-0.2, -0.15) is 10.4 Å². The highest BCUT2D eigenvalue weighted by Crippen LogP contribution is 2.25. The van der Waals surface area contributed by atoms with Crippen molar-refractivity contribution < 1.29 is 14.3 Å². The number of nitrogens with two attached hydrogens (primary N) is 1. The SMILES string of the molecule is COc1ccc2nc(C(=O)Nc3c(C)nn(Cc4ccc(C#N)cc4)c3C)cc(C(N)=O)c2c1. The minimum Gasteiger partial charge on any atom is -0.497 e. The van der Waals surface area contributed by atoms with Gasteiger partial charge in [0.2, 0.25) is 5.91 Å². The molecule has 0 saturated heterocycles. The number of ether oxygens (including phenoxy) is 1. The van der Waals surface area contributed by atoms with Crippen LogP contribution in [0.5, 0.6) is 5.75 Å². The van der Waals surface area contributed by atoms with E-state index < -0.39 is 11.8 Å². The highest BCUT2D eigenvalue weighted by atomic mass is 16.5. The molecule has 2 heterocycles. The molecule has 34 heavy (non-hydrogen) atoms. The second-order valence-electron chi connectivity index (χ2n) is 7.77. The number of methoxy groups -OCH3 is 1. The fraction of sp³-hybridized carbons (Fsp3) is 0.160. The normalized spacial score (nSPS) is 10.6. The van der Waals surface area contributed by atoms with Crippen LogP contribution in [0.1, 0.15) is 43.4 Å². The molecule has 0 bridgehead atoms. The third kappa shape index (κ3) is 4.29. The molecule has 0 saturated carbocycles. The zero-order valence-electron chi connectivity index (χ0n) is 18.9. The molecule has 0 atom stereocenters. The van der Waals surface area contributed by atoms with E-state index in [2.05, 4.69) is 21.5 Å². The summed E-state index contributed by atoms with van der Waals surface area (Å²) < 4.78 is 6.99. The van der Waals surface area contributed by atoms with Crippen molar-refractivity contribution in [3.63, 3.8) is 0 Å². The molecule has 0 aliphatic heterocycles. The molecule has 0 aliphatic carbocycles. The molecule has 2 aromatic heterocycles. The second kappa shape index (κ2) is 9.03. The first-order valence-corrected chi connectivity index (χ1v) is 10.4. The zero-order chi connectivity index (χ0) is 24.4. The number of aryl methyl sites for hydroxylation is 1. The van der Waals surface area contributed by atoms with Crippen molar-refractivity contribution in [3.05, 3.63) is 82.3 Å². The average Bonchev–Trinajstić information content (AvgIpc) is 3.10. The van der Waals surface area contributed by atoms with E-state index in [-0.39, 0.29) is 11.3 Å². The Morgan fingerprint density at radius 2 is 1.88 bits per heavy atom. The van der Waals surface area contributed by atoms with E-state index in [0.717, 1.165) is 11.3 Å². The summed E-state index contributed by atoms with van der Waals surface area (Å²) in [6.07, 6.45) is 0. The van der Waals surface area contributed by atoms with Crippen LogP contribution in [0.3, 0.4) is 0 Å². The quantitative estimate of drug-likeness (QED) is 0.459. The van der Waals surface area contributed by atoms with Gasteiger partial charge in [0.05, 0.1) is 53.4 Å². The number of rotatable bonds is 6. The van der Waals surface area contributed by atoms with E-state index >= 15 is 0 Å². The van der Waals surface area contributed by atoms with Crippen LogP contribution in [-0.2, 0) is 6.54 Å². The van der Waals surface area contributed by atoms with Crippen molar-refractivity contribution >= 4 is 28.4 Å². The molecule has 3 N–H and O–H groups in total. The molecule has 0 unspecified atom stereocenters. The number of nitriles is 1. The van der Waals surface area contributed by atoms with E-state index in [1.165, 1.54) is 13.2 Å². The third-order valence-corrected chi connectivity index (χ3v) is 5.55. The molecule has 0 radical (unpaired) electrons. The van der Waals surface area contributed by atoms with Gasteiger partial charge < -0.3 is 15.8 Å². The largest absolute Gasteiger partial charge is 0.497 e. The Kier molecular flexibility index (Phi) is 5.97. The summed E-state index contributed by atoms with van der Waals surface area (Å²) in [5.41, 5.74) is 9.78. The average molecular weight is 454 g/mol. The fourth-order valence-corrected chi connectivity index (χ4v) is 3.72. The lowest BCUT2D eigenvalue weighted by atomic mass is 10.1. The van der Waals surface area contributed by atoms with Gasteiger partial charge in [0.1, 0.15) is 11.4 Å². The Labute approximate surface area is 195 Å². The number of carbonyl (C=O) groups excluding carboxylic acids is 2. The van der Waals surface area contributed by atoms with E-state index in [9.17, 15) is 9.59 Å². The predicted molar refractivity (Wildman–Crippen MR) is 127 cm³/mol. The smallest absolute Gasteiger partial charge is 0.274 e. The number of pyridine rings is 1. The van der Waals surface area contributed by atoms with Crippen molar-refractivity contribution in [2.45, 2.75) is 20.4 Å². The molecule has 4 rings (SSSR count). The minimum absolute atomic E-state index is 0.0603. The van der Waals surface area contributed by atoms with Crippen LogP contribution in [0.15, 0.2) is 48.5 Å².